The van der Waals surface area contributed by atoms with Crippen molar-refractivity contribution in [2.24, 2.45) is 0 Å². The molecular formula is C11H10N2S3. The van der Waals surface area contributed by atoms with Crippen LogP contribution in [0.1, 0.15) is 11.5 Å². The molecule has 16 heavy (non-hydrogen) atoms. The lowest BCUT2D eigenvalue weighted by atomic mass is 10.0. The Morgan fingerprint density at radius 3 is 3.19 bits per heavy atom. The molecule has 3 rings (SSSR count). The molecule has 2 aromatic rings. The van der Waals surface area contributed by atoms with Gasteiger partial charge in [-0.3, -0.25) is 0 Å². The molecule has 2 nitrogen and oxygen atoms in total. The predicted octanol–water partition coefficient (Wildman–Crippen LogP) is 3.52. The molecule has 0 fully saturated rings. The molecule has 0 saturated heterocycles. The van der Waals surface area contributed by atoms with Crippen molar-refractivity contribution in [2.45, 2.75) is 15.2 Å². The van der Waals surface area contributed by atoms with Gasteiger partial charge in [-0.2, -0.15) is 4.37 Å². The summed E-state index contributed by atoms with van der Waals surface area (Å²) in [4.78, 5) is 5.65. The first-order valence-corrected chi connectivity index (χ1v) is 7.79. The van der Waals surface area contributed by atoms with Crippen molar-refractivity contribution >= 4 is 35.1 Å². The number of hydrogen-bond acceptors (Lipinski definition) is 5. The van der Waals surface area contributed by atoms with Crippen LogP contribution in [0, 0.1) is 0 Å². The van der Waals surface area contributed by atoms with E-state index in [0.717, 1.165) is 10.1 Å². The zero-order valence-electron chi connectivity index (χ0n) is 8.50. The Morgan fingerprint density at radius 1 is 1.38 bits per heavy atom. The Morgan fingerprint density at radius 2 is 2.31 bits per heavy atom. The molecule has 0 N–H and O–H groups in total. The van der Waals surface area contributed by atoms with Gasteiger partial charge in [0.2, 0.25) is 0 Å². The minimum atomic E-state index is 0.662. The van der Waals surface area contributed by atoms with Crippen molar-refractivity contribution < 1.29 is 0 Å². The fourth-order valence-electron chi connectivity index (χ4n) is 1.77. The van der Waals surface area contributed by atoms with E-state index in [1.165, 1.54) is 27.7 Å². The maximum absolute atomic E-state index is 4.20. The maximum Gasteiger partial charge on any atom is 0.169 e. The Labute approximate surface area is 107 Å². The Bertz CT molecular complexity index is 470. The van der Waals surface area contributed by atoms with Crippen LogP contribution in [0.4, 0.5) is 0 Å². The molecule has 1 unspecified atom stereocenters. The van der Waals surface area contributed by atoms with Gasteiger partial charge in [-0.25, -0.2) is 4.98 Å². The Kier molecular flexibility index (Phi) is 3.17. The summed E-state index contributed by atoms with van der Waals surface area (Å²) in [6.07, 6.45) is 1.63. The van der Waals surface area contributed by atoms with Crippen molar-refractivity contribution in [1.82, 2.24) is 9.36 Å². The lowest BCUT2D eigenvalue weighted by Gasteiger charge is -2.08. The van der Waals surface area contributed by atoms with Crippen molar-refractivity contribution in [3.63, 3.8) is 0 Å². The molecule has 1 aromatic heterocycles. The number of rotatable bonds is 3. The topological polar surface area (TPSA) is 25.8 Å². The van der Waals surface area contributed by atoms with Gasteiger partial charge in [-0.15, -0.1) is 11.8 Å². The Balaban J connectivity index is 1.69. The minimum absolute atomic E-state index is 0.662. The summed E-state index contributed by atoms with van der Waals surface area (Å²) in [5.41, 5.74) is 1.50. The van der Waals surface area contributed by atoms with E-state index < -0.39 is 0 Å². The van der Waals surface area contributed by atoms with Gasteiger partial charge in [0.1, 0.15) is 6.33 Å². The first-order chi connectivity index (χ1) is 7.93. The molecule has 0 saturated carbocycles. The second-order valence-corrected chi connectivity index (χ2v) is 6.67. The van der Waals surface area contributed by atoms with E-state index in [2.05, 4.69) is 33.6 Å². The summed E-state index contributed by atoms with van der Waals surface area (Å²) in [5.74, 6) is 2.97. The molecule has 1 aliphatic rings. The zero-order chi connectivity index (χ0) is 10.8. The smallest absolute Gasteiger partial charge is 0.169 e. The van der Waals surface area contributed by atoms with Crippen LogP contribution in [0.2, 0.25) is 0 Å². The maximum atomic E-state index is 4.20. The highest BCUT2D eigenvalue weighted by Gasteiger charge is 2.22. The van der Waals surface area contributed by atoms with Crippen LogP contribution in [0.3, 0.4) is 0 Å². The lowest BCUT2D eigenvalue weighted by molar-refractivity contribution is 0.895. The van der Waals surface area contributed by atoms with Gasteiger partial charge in [0.05, 0.1) is 0 Å². The normalized spacial score (nSPS) is 18.6. The van der Waals surface area contributed by atoms with E-state index in [4.69, 9.17) is 0 Å². The molecule has 5 heteroatoms. The Hall–Kier alpha value is -0.520. The van der Waals surface area contributed by atoms with Gasteiger partial charge in [0, 0.05) is 22.3 Å². The third kappa shape index (κ3) is 2.12. The number of hydrogen-bond donors (Lipinski definition) is 0. The molecule has 1 aliphatic heterocycles. The fourth-order valence-corrected chi connectivity index (χ4v) is 4.75. The quantitative estimate of drug-likeness (QED) is 0.794. The molecule has 1 atom stereocenters. The van der Waals surface area contributed by atoms with E-state index >= 15 is 0 Å². The van der Waals surface area contributed by atoms with Crippen molar-refractivity contribution in [1.29, 1.82) is 0 Å². The third-order valence-corrected chi connectivity index (χ3v) is 5.76. The van der Waals surface area contributed by atoms with Gasteiger partial charge in [-0.1, -0.05) is 30.0 Å². The van der Waals surface area contributed by atoms with Crippen LogP contribution in [0.25, 0.3) is 0 Å². The number of thioether (sulfide) groups is 2. The number of aromatic nitrogens is 2. The van der Waals surface area contributed by atoms with Crippen molar-refractivity contribution in [3.05, 3.63) is 36.2 Å². The highest BCUT2D eigenvalue weighted by atomic mass is 32.2. The zero-order valence-corrected chi connectivity index (χ0v) is 10.9. The summed E-state index contributed by atoms with van der Waals surface area (Å²) in [5, 5.41) is 0. The van der Waals surface area contributed by atoms with E-state index in [-0.39, 0.29) is 0 Å². The molecular weight excluding hydrogens is 256 g/mol. The monoisotopic (exact) mass is 266 g/mol. The molecule has 0 amide bonds. The third-order valence-electron chi connectivity index (χ3n) is 2.55. The summed E-state index contributed by atoms with van der Waals surface area (Å²) in [7, 11) is 0. The van der Waals surface area contributed by atoms with Crippen LogP contribution >= 0.6 is 35.1 Å². The SMILES string of the molecule is c1ccc2c(c1)SCC2CSc1ncns1. The molecule has 0 radical (unpaired) electrons. The molecule has 1 aromatic carbocycles. The number of benzene rings is 1. The summed E-state index contributed by atoms with van der Waals surface area (Å²) >= 11 is 5.27. The van der Waals surface area contributed by atoms with Crippen molar-refractivity contribution in [2.75, 3.05) is 11.5 Å². The summed E-state index contributed by atoms with van der Waals surface area (Å²) in [6.45, 7) is 0. The van der Waals surface area contributed by atoms with Crippen LogP contribution in [0.5, 0.6) is 0 Å². The van der Waals surface area contributed by atoms with Gasteiger partial charge >= 0.3 is 0 Å². The van der Waals surface area contributed by atoms with Crippen LogP contribution < -0.4 is 0 Å². The van der Waals surface area contributed by atoms with E-state index in [1.807, 2.05) is 23.5 Å². The van der Waals surface area contributed by atoms with E-state index in [9.17, 15) is 0 Å². The highest BCUT2D eigenvalue weighted by Crippen LogP contribution is 2.41. The van der Waals surface area contributed by atoms with E-state index in [0.29, 0.717) is 5.92 Å². The fraction of sp³-hybridized carbons (Fsp3) is 0.273. The minimum Gasteiger partial charge on any atom is -0.216 e. The van der Waals surface area contributed by atoms with Crippen LogP contribution in [-0.2, 0) is 0 Å². The predicted molar refractivity (Wildman–Crippen MR) is 70.5 cm³/mol. The van der Waals surface area contributed by atoms with Gasteiger partial charge in [-0.05, 0) is 23.2 Å². The average Bonchev–Trinajstić information content (AvgIpc) is 2.96. The van der Waals surface area contributed by atoms with E-state index in [1.54, 1.807) is 6.33 Å². The molecule has 0 bridgehead atoms. The van der Waals surface area contributed by atoms with Gasteiger partial charge < -0.3 is 0 Å². The molecule has 2 heterocycles. The molecule has 82 valence electrons. The standard InChI is InChI=1S/C11H10N2S3/c1-2-4-10-9(3-1)8(5-14-10)6-15-11-12-7-13-16-11/h1-4,7-8H,5-6H2. The van der Waals surface area contributed by atoms with Gasteiger partial charge in [0.15, 0.2) is 4.34 Å². The number of fused-ring (bicyclic) bond motifs is 1. The summed E-state index contributed by atoms with van der Waals surface area (Å²) in [6, 6.07) is 8.72. The molecule has 0 aliphatic carbocycles. The van der Waals surface area contributed by atoms with Crippen molar-refractivity contribution in [3.8, 4) is 0 Å². The lowest BCUT2D eigenvalue weighted by Crippen LogP contribution is -1.99. The summed E-state index contributed by atoms with van der Waals surface area (Å²) < 4.78 is 5.09. The number of nitrogens with zero attached hydrogens (tertiary/aromatic N) is 2. The van der Waals surface area contributed by atoms with Gasteiger partial charge in [0.25, 0.3) is 0 Å². The largest absolute Gasteiger partial charge is 0.216 e. The average molecular weight is 266 g/mol. The first kappa shape index (κ1) is 10.6. The molecule has 0 spiro atoms. The van der Waals surface area contributed by atoms with Crippen LogP contribution in [-0.4, -0.2) is 20.9 Å². The first-order valence-electron chi connectivity index (χ1n) is 5.04. The van der Waals surface area contributed by atoms with Crippen LogP contribution in [0.15, 0.2) is 39.8 Å². The highest BCUT2D eigenvalue weighted by molar-refractivity contribution is 8.01. The second-order valence-electron chi connectivity index (χ2n) is 3.56. The second kappa shape index (κ2) is 4.77.